The lowest BCUT2D eigenvalue weighted by Gasteiger charge is -2.29. The fourth-order valence-corrected chi connectivity index (χ4v) is 6.45. The maximum absolute atomic E-state index is 13.6. The first-order chi connectivity index (χ1) is 20.0. The summed E-state index contributed by atoms with van der Waals surface area (Å²) in [6.45, 7) is 6.62. The van der Waals surface area contributed by atoms with Gasteiger partial charge in [-0.25, -0.2) is 4.98 Å². The average molecular weight is 559 g/mol. The van der Waals surface area contributed by atoms with Gasteiger partial charge in [0.05, 0.1) is 22.1 Å². The SMILES string of the molecule is Cc1cccc(C)c1B1c2cc3ccccc3cc2-c2nccc3nc(-c4ccc(CC(C)(C)C(F)(F)F)cc4)n1c23. The zero-order valence-corrected chi connectivity index (χ0v) is 23.9. The number of alkyl halides is 3. The van der Waals surface area contributed by atoms with E-state index in [4.69, 9.17) is 9.97 Å². The minimum Gasteiger partial charge on any atom is -0.358 e. The summed E-state index contributed by atoms with van der Waals surface area (Å²) in [7, 11) is 0. The number of rotatable bonds is 4. The molecule has 208 valence electrons. The Balaban J connectivity index is 1.48. The molecule has 1 aliphatic rings. The Morgan fingerprint density at radius 2 is 1.48 bits per heavy atom. The van der Waals surface area contributed by atoms with Crippen LogP contribution >= 0.6 is 0 Å². The van der Waals surface area contributed by atoms with Gasteiger partial charge in [0.25, 0.3) is 0 Å². The molecule has 0 N–H and O–H groups in total. The predicted octanol–water partition coefficient (Wildman–Crippen LogP) is 7.63. The van der Waals surface area contributed by atoms with Gasteiger partial charge < -0.3 is 4.48 Å². The van der Waals surface area contributed by atoms with E-state index >= 15 is 0 Å². The summed E-state index contributed by atoms with van der Waals surface area (Å²) in [5, 5.41) is 2.31. The summed E-state index contributed by atoms with van der Waals surface area (Å²) in [5.41, 5.74) is 8.20. The number of hydrogen-bond acceptors (Lipinski definition) is 2. The van der Waals surface area contributed by atoms with E-state index < -0.39 is 11.6 Å². The molecule has 0 bridgehead atoms. The van der Waals surface area contributed by atoms with Crippen molar-refractivity contribution in [1.82, 2.24) is 14.4 Å². The predicted molar refractivity (Wildman–Crippen MR) is 166 cm³/mol. The van der Waals surface area contributed by atoms with Crippen molar-refractivity contribution in [2.45, 2.75) is 40.3 Å². The summed E-state index contributed by atoms with van der Waals surface area (Å²) in [6, 6.07) is 28.6. The van der Waals surface area contributed by atoms with Crippen LogP contribution in [0.4, 0.5) is 13.2 Å². The third-order valence-corrected chi connectivity index (χ3v) is 8.77. The highest BCUT2D eigenvalue weighted by Gasteiger charge is 2.47. The van der Waals surface area contributed by atoms with Crippen LogP contribution in [-0.4, -0.2) is 27.5 Å². The minimum atomic E-state index is -4.28. The van der Waals surface area contributed by atoms with Crippen LogP contribution in [0.5, 0.6) is 0 Å². The second-order valence-corrected chi connectivity index (χ2v) is 12.1. The van der Waals surface area contributed by atoms with E-state index in [1.165, 1.54) is 30.4 Å². The molecule has 1 aliphatic heterocycles. The Kier molecular flexibility index (Phi) is 5.88. The van der Waals surface area contributed by atoms with Gasteiger partial charge in [-0.15, -0.1) is 0 Å². The van der Waals surface area contributed by atoms with Crippen molar-refractivity contribution in [3.63, 3.8) is 0 Å². The number of nitrogens with zero attached hydrogens (tertiary/aromatic N) is 3. The number of imidazole rings is 1. The molecule has 4 aromatic carbocycles. The first kappa shape index (κ1) is 26.5. The van der Waals surface area contributed by atoms with Crippen molar-refractivity contribution in [3.8, 4) is 22.6 Å². The molecule has 0 fully saturated rings. The summed E-state index contributed by atoms with van der Waals surface area (Å²) in [4.78, 5) is 10.0. The Morgan fingerprint density at radius 1 is 0.810 bits per heavy atom. The molecule has 2 aromatic heterocycles. The van der Waals surface area contributed by atoms with E-state index in [0.29, 0.717) is 5.56 Å². The van der Waals surface area contributed by atoms with Gasteiger partial charge in [-0.2, -0.15) is 13.2 Å². The van der Waals surface area contributed by atoms with Gasteiger partial charge in [0, 0.05) is 11.8 Å². The molecule has 0 amide bonds. The molecule has 3 nitrogen and oxygen atoms in total. The van der Waals surface area contributed by atoms with Crippen LogP contribution in [0.25, 0.3) is 44.5 Å². The summed E-state index contributed by atoms with van der Waals surface area (Å²) >= 11 is 0. The Morgan fingerprint density at radius 3 is 2.14 bits per heavy atom. The zero-order valence-electron chi connectivity index (χ0n) is 23.9. The van der Waals surface area contributed by atoms with Crippen molar-refractivity contribution in [2.75, 3.05) is 0 Å². The quantitative estimate of drug-likeness (QED) is 0.208. The Labute approximate surface area is 243 Å². The standard InChI is InChI=1S/C35H29BF3N3/c1-21-8-7-9-22(2)30(21)36-28-19-26-11-6-5-10-25(26)18-27(28)31-32-29(16-17-40-31)41-33(42(32)36)24-14-12-23(13-15-24)20-34(3,4)35(37,38)39/h5-19H,20H2,1-4H3. The molecule has 0 spiro atoms. The normalized spacial score (nSPS) is 13.2. The summed E-state index contributed by atoms with van der Waals surface area (Å²) in [5.74, 6) is 0.771. The van der Waals surface area contributed by atoms with Gasteiger partial charge in [0.2, 0.25) is 0 Å². The van der Waals surface area contributed by atoms with E-state index in [9.17, 15) is 13.2 Å². The molecule has 6 aromatic rings. The Bertz CT molecular complexity index is 1990. The fraction of sp³-hybridized carbons (Fsp3) is 0.200. The molecule has 42 heavy (non-hydrogen) atoms. The molecule has 7 rings (SSSR count). The number of pyridine rings is 1. The topological polar surface area (TPSA) is 30.7 Å². The van der Waals surface area contributed by atoms with E-state index in [2.05, 4.69) is 72.9 Å². The zero-order chi connectivity index (χ0) is 29.4. The molecule has 0 radical (unpaired) electrons. The van der Waals surface area contributed by atoms with Crippen LogP contribution < -0.4 is 10.9 Å². The average Bonchev–Trinajstić information content (AvgIpc) is 3.33. The van der Waals surface area contributed by atoms with Crippen LogP contribution in [0.3, 0.4) is 0 Å². The molecule has 7 heteroatoms. The maximum atomic E-state index is 13.6. The molecule has 0 aliphatic carbocycles. The van der Waals surface area contributed by atoms with Gasteiger partial charge in [-0.05, 0) is 65.2 Å². The van der Waals surface area contributed by atoms with Gasteiger partial charge in [0.1, 0.15) is 5.82 Å². The van der Waals surface area contributed by atoms with Crippen molar-refractivity contribution in [2.24, 2.45) is 5.41 Å². The third kappa shape index (κ3) is 4.05. The van der Waals surface area contributed by atoms with Crippen molar-refractivity contribution >= 4 is 39.6 Å². The second kappa shape index (κ2) is 9.31. The van der Waals surface area contributed by atoms with E-state index in [1.807, 2.05) is 18.2 Å². The number of aromatic nitrogens is 3. The van der Waals surface area contributed by atoms with Crippen LogP contribution in [0.1, 0.15) is 30.5 Å². The highest BCUT2D eigenvalue weighted by molar-refractivity contribution is 6.87. The first-order valence-corrected chi connectivity index (χ1v) is 14.2. The highest BCUT2D eigenvalue weighted by atomic mass is 19.4. The van der Waals surface area contributed by atoms with Gasteiger partial charge >= 0.3 is 13.0 Å². The van der Waals surface area contributed by atoms with Gasteiger partial charge in [-0.1, -0.05) is 97.8 Å². The monoisotopic (exact) mass is 559 g/mol. The molecule has 0 unspecified atom stereocenters. The lowest BCUT2D eigenvalue weighted by atomic mass is 9.45. The number of hydrogen-bond donors (Lipinski definition) is 0. The summed E-state index contributed by atoms with van der Waals surface area (Å²) in [6.07, 6.45) is -2.57. The second-order valence-electron chi connectivity index (χ2n) is 12.1. The molecular weight excluding hydrogens is 530 g/mol. The van der Waals surface area contributed by atoms with Gasteiger partial charge in [-0.3, -0.25) is 4.98 Å². The van der Waals surface area contributed by atoms with Crippen LogP contribution in [0, 0.1) is 19.3 Å². The number of benzene rings is 4. The number of aryl methyl sites for hydroxylation is 2. The third-order valence-electron chi connectivity index (χ3n) is 8.77. The molecular formula is C35H29BF3N3. The molecule has 0 atom stereocenters. The van der Waals surface area contributed by atoms with Crippen molar-refractivity contribution in [3.05, 3.63) is 108 Å². The van der Waals surface area contributed by atoms with E-state index in [0.717, 1.165) is 49.9 Å². The van der Waals surface area contributed by atoms with Crippen molar-refractivity contribution in [1.29, 1.82) is 0 Å². The Hall–Kier alpha value is -4.39. The lowest BCUT2D eigenvalue weighted by Crippen LogP contribution is -2.53. The van der Waals surface area contributed by atoms with Crippen LogP contribution in [-0.2, 0) is 6.42 Å². The summed E-state index contributed by atoms with van der Waals surface area (Å²) < 4.78 is 43.1. The minimum absolute atomic E-state index is 0.0905. The fourth-order valence-electron chi connectivity index (χ4n) is 6.45. The highest BCUT2D eigenvalue weighted by Crippen LogP contribution is 2.41. The van der Waals surface area contributed by atoms with E-state index in [1.54, 1.807) is 18.3 Å². The number of fused-ring (bicyclic) bond motifs is 3. The van der Waals surface area contributed by atoms with Crippen molar-refractivity contribution < 1.29 is 13.2 Å². The molecule has 0 saturated heterocycles. The van der Waals surface area contributed by atoms with Gasteiger partial charge in [0.15, 0.2) is 0 Å². The number of halogens is 3. The van der Waals surface area contributed by atoms with E-state index in [-0.39, 0.29) is 13.3 Å². The maximum Gasteiger partial charge on any atom is 0.394 e. The largest absolute Gasteiger partial charge is 0.394 e. The lowest BCUT2D eigenvalue weighted by molar-refractivity contribution is -0.211. The smallest absolute Gasteiger partial charge is 0.358 e. The molecule has 0 saturated carbocycles. The molecule has 3 heterocycles. The first-order valence-electron chi connectivity index (χ1n) is 14.2. The van der Waals surface area contributed by atoms with Crippen LogP contribution in [0.2, 0.25) is 0 Å². The van der Waals surface area contributed by atoms with Crippen LogP contribution in [0.15, 0.2) is 91.1 Å².